The Labute approximate surface area is 164 Å². The smallest absolute Gasteiger partial charge is 0.191 e. The van der Waals surface area contributed by atoms with E-state index in [-0.39, 0.29) is 0 Å². The third-order valence-electron chi connectivity index (χ3n) is 4.99. The summed E-state index contributed by atoms with van der Waals surface area (Å²) in [5.74, 6) is 1.71. The highest BCUT2D eigenvalue weighted by molar-refractivity contribution is 5.79. The topological polar surface area (TPSA) is 58.1 Å². The number of guanidine groups is 1. The van der Waals surface area contributed by atoms with Gasteiger partial charge in [-0.3, -0.25) is 4.99 Å². The molecule has 0 bridgehead atoms. The van der Waals surface area contributed by atoms with Crippen molar-refractivity contribution < 1.29 is 9.47 Å². The Kier molecular flexibility index (Phi) is 10.0. The number of ether oxygens (including phenoxy) is 2. The van der Waals surface area contributed by atoms with Crippen LogP contribution in [0.25, 0.3) is 0 Å². The molecular weight excluding hydrogens is 340 g/mol. The summed E-state index contributed by atoms with van der Waals surface area (Å²) in [4.78, 5) is 6.93. The lowest BCUT2D eigenvalue weighted by atomic mass is 10.0. The van der Waals surface area contributed by atoms with Crippen LogP contribution in [0.2, 0.25) is 0 Å². The summed E-state index contributed by atoms with van der Waals surface area (Å²) < 4.78 is 10.7. The average molecular weight is 377 g/mol. The molecule has 0 saturated carbocycles. The lowest BCUT2D eigenvalue weighted by Gasteiger charge is -2.33. The van der Waals surface area contributed by atoms with Crippen LogP contribution in [0, 0.1) is 0 Å². The molecule has 1 aliphatic heterocycles. The zero-order chi connectivity index (χ0) is 19.3. The second-order valence-corrected chi connectivity index (χ2v) is 7.08. The normalized spacial score (nSPS) is 18.3. The van der Waals surface area contributed by atoms with Gasteiger partial charge in [0.2, 0.25) is 0 Å². The van der Waals surface area contributed by atoms with Gasteiger partial charge in [0.05, 0.1) is 6.61 Å². The Balaban J connectivity index is 1.67. The molecule has 1 aliphatic rings. The molecule has 2 N–H and O–H groups in total. The first-order valence-corrected chi connectivity index (χ1v) is 10.1. The van der Waals surface area contributed by atoms with Crippen LogP contribution < -0.4 is 15.4 Å². The largest absolute Gasteiger partial charge is 0.491 e. The van der Waals surface area contributed by atoms with Gasteiger partial charge in [0, 0.05) is 39.8 Å². The number of nitrogens with one attached hydrogen (secondary N) is 2. The maximum Gasteiger partial charge on any atom is 0.191 e. The van der Waals surface area contributed by atoms with Crippen LogP contribution in [0.4, 0.5) is 0 Å². The van der Waals surface area contributed by atoms with E-state index in [0.29, 0.717) is 19.8 Å². The van der Waals surface area contributed by atoms with Gasteiger partial charge in [0.1, 0.15) is 12.4 Å². The van der Waals surface area contributed by atoms with Gasteiger partial charge in [-0.15, -0.1) is 0 Å². The minimum absolute atomic E-state index is 0.562. The minimum Gasteiger partial charge on any atom is -0.491 e. The molecule has 1 saturated heterocycles. The summed E-state index contributed by atoms with van der Waals surface area (Å²) in [5, 5.41) is 6.79. The van der Waals surface area contributed by atoms with E-state index in [9.17, 15) is 0 Å². The Morgan fingerprint density at radius 3 is 2.93 bits per heavy atom. The Bertz CT molecular complexity index is 565. The highest BCUT2D eigenvalue weighted by Gasteiger charge is 2.17. The summed E-state index contributed by atoms with van der Waals surface area (Å²) >= 11 is 0. The van der Waals surface area contributed by atoms with E-state index >= 15 is 0 Å². The number of piperidine rings is 1. The van der Waals surface area contributed by atoms with E-state index in [4.69, 9.17) is 9.47 Å². The first-order chi connectivity index (χ1) is 13.2. The van der Waals surface area contributed by atoms with Gasteiger partial charge in [-0.05, 0) is 50.4 Å². The maximum absolute atomic E-state index is 5.66. The highest BCUT2D eigenvalue weighted by atomic mass is 16.5. The molecule has 0 amide bonds. The minimum atomic E-state index is 0.562. The SMILES string of the molecule is CN=C(NCCCN1CCCCC1C)NCc1cccc(OCCOC)c1. The number of aliphatic imine (C=N–C) groups is 1. The molecular formula is C21H36N4O2. The predicted molar refractivity (Wildman–Crippen MR) is 112 cm³/mol. The molecule has 1 unspecified atom stereocenters. The van der Waals surface area contributed by atoms with Crippen LogP contribution in [0.5, 0.6) is 5.75 Å². The Morgan fingerprint density at radius 2 is 2.15 bits per heavy atom. The molecule has 1 atom stereocenters. The molecule has 152 valence electrons. The van der Waals surface area contributed by atoms with Crippen LogP contribution in [-0.4, -0.2) is 63.9 Å². The van der Waals surface area contributed by atoms with E-state index < -0.39 is 0 Å². The predicted octanol–water partition coefficient (Wildman–Crippen LogP) is 2.64. The van der Waals surface area contributed by atoms with Crippen LogP contribution in [0.1, 0.15) is 38.2 Å². The molecule has 1 aromatic carbocycles. The van der Waals surface area contributed by atoms with Gasteiger partial charge in [0.25, 0.3) is 0 Å². The second-order valence-electron chi connectivity index (χ2n) is 7.08. The molecule has 0 radical (unpaired) electrons. The number of hydrogen-bond donors (Lipinski definition) is 2. The van der Waals surface area contributed by atoms with Gasteiger partial charge >= 0.3 is 0 Å². The number of benzene rings is 1. The van der Waals surface area contributed by atoms with Gasteiger partial charge in [-0.1, -0.05) is 18.6 Å². The Morgan fingerprint density at radius 1 is 1.26 bits per heavy atom. The van der Waals surface area contributed by atoms with Crippen molar-refractivity contribution in [1.29, 1.82) is 0 Å². The number of methoxy groups -OCH3 is 1. The Hall–Kier alpha value is -1.79. The molecule has 0 aliphatic carbocycles. The molecule has 1 aromatic rings. The van der Waals surface area contributed by atoms with E-state index in [1.165, 1.54) is 25.8 Å². The summed E-state index contributed by atoms with van der Waals surface area (Å²) in [6.07, 6.45) is 5.19. The van der Waals surface area contributed by atoms with Gasteiger partial charge < -0.3 is 25.0 Å². The molecule has 6 heteroatoms. The lowest BCUT2D eigenvalue weighted by molar-refractivity contribution is 0.146. The van der Waals surface area contributed by atoms with Gasteiger partial charge in [-0.2, -0.15) is 0 Å². The highest BCUT2D eigenvalue weighted by Crippen LogP contribution is 2.16. The summed E-state index contributed by atoms with van der Waals surface area (Å²) in [6, 6.07) is 8.84. The molecule has 27 heavy (non-hydrogen) atoms. The zero-order valence-corrected chi connectivity index (χ0v) is 17.2. The van der Waals surface area contributed by atoms with Crippen molar-refractivity contribution in [2.45, 2.75) is 45.2 Å². The second kappa shape index (κ2) is 12.6. The quantitative estimate of drug-likeness (QED) is 0.373. The first-order valence-electron chi connectivity index (χ1n) is 10.1. The van der Waals surface area contributed by atoms with E-state index in [1.807, 2.05) is 25.2 Å². The standard InChI is InChI=1S/C21H36N4O2/c1-18-8-4-5-12-25(18)13-7-11-23-21(22-2)24-17-19-9-6-10-20(16-19)27-15-14-26-3/h6,9-10,16,18H,4-5,7-8,11-15,17H2,1-3H3,(H2,22,23,24). The molecule has 1 heterocycles. The van der Waals surface area contributed by atoms with Crippen LogP contribution in [0.15, 0.2) is 29.3 Å². The first kappa shape index (κ1) is 21.5. The molecule has 2 rings (SSSR count). The van der Waals surface area contributed by atoms with E-state index in [2.05, 4.69) is 33.5 Å². The molecule has 0 spiro atoms. The van der Waals surface area contributed by atoms with E-state index in [0.717, 1.165) is 42.8 Å². The van der Waals surface area contributed by atoms with Crippen molar-refractivity contribution >= 4 is 5.96 Å². The summed E-state index contributed by atoms with van der Waals surface area (Å²) in [5.41, 5.74) is 1.16. The average Bonchev–Trinajstić information content (AvgIpc) is 2.69. The summed E-state index contributed by atoms with van der Waals surface area (Å²) in [7, 11) is 3.49. The number of likely N-dealkylation sites (tertiary alicyclic amines) is 1. The number of hydrogen-bond acceptors (Lipinski definition) is 4. The fourth-order valence-corrected chi connectivity index (χ4v) is 3.37. The zero-order valence-electron chi connectivity index (χ0n) is 17.2. The number of rotatable bonds is 10. The van der Waals surface area contributed by atoms with Crippen molar-refractivity contribution in [2.75, 3.05) is 47.0 Å². The van der Waals surface area contributed by atoms with Gasteiger partial charge in [0.15, 0.2) is 5.96 Å². The van der Waals surface area contributed by atoms with Crippen molar-refractivity contribution in [3.05, 3.63) is 29.8 Å². The van der Waals surface area contributed by atoms with Crippen LogP contribution in [-0.2, 0) is 11.3 Å². The van der Waals surface area contributed by atoms with Crippen molar-refractivity contribution in [3.63, 3.8) is 0 Å². The van der Waals surface area contributed by atoms with Crippen molar-refractivity contribution in [1.82, 2.24) is 15.5 Å². The maximum atomic E-state index is 5.66. The lowest BCUT2D eigenvalue weighted by Crippen LogP contribution is -2.41. The monoisotopic (exact) mass is 376 g/mol. The molecule has 1 fully saturated rings. The molecule has 0 aromatic heterocycles. The van der Waals surface area contributed by atoms with Gasteiger partial charge in [-0.25, -0.2) is 0 Å². The van der Waals surface area contributed by atoms with Crippen LogP contribution in [0.3, 0.4) is 0 Å². The number of nitrogens with zero attached hydrogens (tertiary/aromatic N) is 2. The van der Waals surface area contributed by atoms with Crippen molar-refractivity contribution in [3.8, 4) is 5.75 Å². The summed E-state index contributed by atoms with van der Waals surface area (Å²) in [6.45, 7) is 7.55. The van der Waals surface area contributed by atoms with Crippen LogP contribution >= 0.6 is 0 Å². The fraction of sp³-hybridized carbons (Fsp3) is 0.667. The molecule has 6 nitrogen and oxygen atoms in total. The third kappa shape index (κ3) is 8.18. The van der Waals surface area contributed by atoms with E-state index in [1.54, 1.807) is 7.11 Å². The fourth-order valence-electron chi connectivity index (χ4n) is 3.37. The van der Waals surface area contributed by atoms with Crippen molar-refractivity contribution in [2.24, 2.45) is 4.99 Å². The third-order valence-corrected chi connectivity index (χ3v) is 4.99.